The van der Waals surface area contributed by atoms with Crippen molar-refractivity contribution >= 4 is 10.4 Å². The molecule has 4 nitrogen and oxygen atoms in total. The summed E-state index contributed by atoms with van der Waals surface area (Å²) < 4.78 is 32.3. The van der Waals surface area contributed by atoms with Gasteiger partial charge in [-0.25, -0.2) is 8.42 Å². The standard InChI is InChI=1S/C3H6O4S.Na/c1-2-3-7-8(4,5)6;/h1H,2-3H2,(H,4,5,6);/q;+1/p-1. The molecule has 0 unspecified atom stereocenters. The van der Waals surface area contributed by atoms with Crippen LogP contribution in [0.5, 0.6) is 0 Å². The van der Waals surface area contributed by atoms with Crippen LogP contribution in [0.2, 0.25) is 0 Å². The van der Waals surface area contributed by atoms with E-state index in [1.807, 2.05) is 0 Å². The van der Waals surface area contributed by atoms with Crippen molar-refractivity contribution in [3.8, 4) is 0 Å². The van der Waals surface area contributed by atoms with Crippen molar-refractivity contribution in [2.24, 2.45) is 0 Å². The molecule has 9 heavy (non-hydrogen) atoms. The van der Waals surface area contributed by atoms with E-state index in [0.29, 0.717) is 0 Å². The minimum atomic E-state index is -4.52. The van der Waals surface area contributed by atoms with Crippen molar-refractivity contribution in [2.75, 3.05) is 6.61 Å². The SMILES string of the molecule is [CH]CCOS(=O)(=O)[O-].[Na+]. The number of rotatable bonds is 3. The molecule has 0 aliphatic rings. The third kappa shape index (κ3) is 12.1. The van der Waals surface area contributed by atoms with Crippen LogP contribution in [0.1, 0.15) is 6.42 Å². The van der Waals surface area contributed by atoms with Gasteiger partial charge in [-0.1, -0.05) is 0 Å². The fraction of sp³-hybridized carbons (Fsp3) is 0.667. The van der Waals surface area contributed by atoms with E-state index < -0.39 is 10.4 Å². The van der Waals surface area contributed by atoms with Gasteiger partial charge in [-0.2, -0.15) is 0 Å². The first-order chi connectivity index (χ1) is 3.56. The molecule has 6 heteroatoms. The van der Waals surface area contributed by atoms with E-state index in [4.69, 9.17) is 6.92 Å². The zero-order valence-electron chi connectivity index (χ0n) is 5.03. The molecule has 0 aromatic rings. The molecule has 0 atom stereocenters. The van der Waals surface area contributed by atoms with Crippen molar-refractivity contribution < 1.29 is 46.7 Å². The molecule has 0 rings (SSSR count). The molecule has 48 valence electrons. The summed E-state index contributed by atoms with van der Waals surface area (Å²) in [6.07, 6.45) is 0.0292. The fourth-order valence-corrected chi connectivity index (χ4v) is 0.451. The van der Waals surface area contributed by atoms with E-state index in [-0.39, 0.29) is 42.6 Å². The second-order valence-electron chi connectivity index (χ2n) is 1.02. The van der Waals surface area contributed by atoms with Gasteiger partial charge in [0.1, 0.15) is 0 Å². The summed E-state index contributed by atoms with van der Waals surface area (Å²) in [6.45, 7) is 4.56. The maximum atomic E-state index is 9.56. The molecule has 0 spiro atoms. The molecule has 0 aromatic heterocycles. The Balaban J connectivity index is 0. The Labute approximate surface area is 76.8 Å². The minimum absolute atomic E-state index is 0. The van der Waals surface area contributed by atoms with Gasteiger partial charge < -0.3 is 4.55 Å². The van der Waals surface area contributed by atoms with Crippen molar-refractivity contribution in [3.63, 3.8) is 0 Å². The van der Waals surface area contributed by atoms with E-state index in [1.54, 1.807) is 0 Å². The van der Waals surface area contributed by atoms with Crippen LogP contribution in [-0.2, 0) is 14.6 Å². The fourth-order valence-electron chi connectivity index (χ4n) is 0.150. The zero-order valence-corrected chi connectivity index (χ0v) is 7.85. The van der Waals surface area contributed by atoms with Gasteiger partial charge in [0, 0.05) is 0 Å². The van der Waals surface area contributed by atoms with E-state index >= 15 is 0 Å². The van der Waals surface area contributed by atoms with Gasteiger partial charge >= 0.3 is 29.6 Å². The van der Waals surface area contributed by atoms with E-state index in [1.165, 1.54) is 0 Å². The molecule has 0 bridgehead atoms. The molecule has 0 fully saturated rings. The summed E-state index contributed by atoms with van der Waals surface area (Å²) in [5.74, 6) is 0. The monoisotopic (exact) mass is 160 g/mol. The van der Waals surface area contributed by atoms with Crippen LogP contribution in [-0.4, -0.2) is 19.6 Å². The topological polar surface area (TPSA) is 66.4 Å². The van der Waals surface area contributed by atoms with Gasteiger partial charge in [0.05, 0.1) is 6.61 Å². The Morgan fingerprint density at radius 1 is 1.56 bits per heavy atom. The predicted molar refractivity (Wildman–Crippen MR) is 24.6 cm³/mol. The largest absolute Gasteiger partial charge is 1.00 e. The summed E-state index contributed by atoms with van der Waals surface area (Å²) >= 11 is 0. The van der Waals surface area contributed by atoms with Gasteiger partial charge in [-0.05, 0) is 13.3 Å². The molecular formula is C3H5NaO4S. The third-order valence-corrected chi connectivity index (χ3v) is 0.801. The molecule has 0 heterocycles. The van der Waals surface area contributed by atoms with Crippen LogP contribution >= 0.6 is 0 Å². The third-order valence-electron chi connectivity index (χ3n) is 0.346. The smallest absolute Gasteiger partial charge is 0.726 e. The van der Waals surface area contributed by atoms with Crippen LogP contribution in [0.25, 0.3) is 0 Å². The van der Waals surface area contributed by atoms with Crippen molar-refractivity contribution in [2.45, 2.75) is 6.42 Å². The number of hydrogen-bond acceptors (Lipinski definition) is 4. The van der Waals surface area contributed by atoms with Crippen LogP contribution < -0.4 is 29.6 Å². The van der Waals surface area contributed by atoms with Crippen LogP contribution in [0.4, 0.5) is 0 Å². The first-order valence-electron chi connectivity index (χ1n) is 1.86. The van der Waals surface area contributed by atoms with Crippen molar-refractivity contribution in [1.29, 1.82) is 0 Å². The average molecular weight is 160 g/mol. The Morgan fingerprint density at radius 3 is 2.11 bits per heavy atom. The van der Waals surface area contributed by atoms with Gasteiger partial charge in [0.15, 0.2) is 0 Å². The van der Waals surface area contributed by atoms with E-state index in [0.717, 1.165) is 0 Å². The summed E-state index contributed by atoms with van der Waals surface area (Å²) in [4.78, 5) is 0. The quantitative estimate of drug-likeness (QED) is 0.245. The summed E-state index contributed by atoms with van der Waals surface area (Å²) in [5.41, 5.74) is 0. The van der Waals surface area contributed by atoms with E-state index in [2.05, 4.69) is 4.18 Å². The van der Waals surface area contributed by atoms with Crippen molar-refractivity contribution in [3.05, 3.63) is 6.92 Å². The predicted octanol–water partition coefficient (Wildman–Crippen LogP) is -3.43. The Hall–Kier alpha value is 0.870. The number of hydrogen-bond donors (Lipinski definition) is 0. The molecule has 2 radical (unpaired) electrons. The maximum Gasteiger partial charge on any atom is 1.00 e. The summed E-state index contributed by atoms with van der Waals surface area (Å²) in [7, 11) is -4.52. The Kier molecular flexibility index (Phi) is 7.86. The second-order valence-corrected chi connectivity index (χ2v) is 2.07. The first kappa shape index (κ1) is 12.5. The Bertz CT molecular complexity index is 140. The summed E-state index contributed by atoms with van der Waals surface area (Å²) in [5, 5.41) is 0. The molecule has 0 aliphatic heterocycles. The molecule has 0 amide bonds. The molecule has 0 aliphatic carbocycles. The summed E-state index contributed by atoms with van der Waals surface area (Å²) in [6, 6.07) is 0. The van der Waals surface area contributed by atoms with E-state index in [9.17, 15) is 13.0 Å². The van der Waals surface area contributed by atoms with Crippen LogP contribution in [0, 0.1) is 6.92 Å². The van der Waals surface area contributed by atoms with Gasteiger partial charge in [-0.15, -0.1) is 0 Å². The second kappa shape index (κ2) is 5.64. The molecule has 0 saturated heterocycles. The van der Waals surface area contributed by atoms with Crippen molar-refractivity contribution in [1.82, 2.24) is 0 Å². The zero-order chi connectivity index (χ0) is 6.62. The average Bonchev–Trinajstić information content (AvgIpc) is 1.59. The van der Waals surface area contributed by atoms with Gasteiger partial charge in [0.2, 0.25) is 10.4 Å². The van der Waals surface area contributed by atoms with Crippen LogP contribution in [0.3, 0.4) is 0 Å². The molecule has 0 saturated carbocycles. The van der Waals surface area contributed by atoms with Gasteiger partial charge in [-0.3, -0.25) is 4.18 Å². The molecule has 0 N–H and O–H groups in total. The van der Waals surface area contributed by atoms with Crippen LogP contribution in [0.15, 0.2) is 0 Å². The minimum Gasteiger partial charge on any atom is -0.726 e. The first-order valence-corrected chi connectivity index (χ1v) is 3.20. The molecule has 0 aromatic carbocycles. The maximum absolute atomic E-state index is 9.56. The normalized spacial score (nSPS) is 10.4. The Morgan fingerprint density at radius 2 is 2.00 bits per heavy atom. The molecular weight excluding hydrogens is 155 g/mol. The van der Waals surface area contributed by atoms with Gasteiger partial charge in [0.25, 0.3) is 0 Å².